The second-order valence-corrected chi connectivity index (χ2v) is 5.95. The highest BCUT2D eigenvalue weighted by atomic mass is 79.9. The Hall–Kier alpha value is -1.74. The summed E-state index contributed by atoms with van der Waals surface area (Å²) in [6.45, 7) is -0.203. The number of nitrogens with zero attached hydrogens (tertiary/aromatic N) is 1. The lowest BCUT2D eigenvalue weighted by molar-refractivity contribution is -0.118. The van der Waals surface area contributed by atoms with Crippen LogP contribution in [-0.2, 0) is 4.79 Å². The average Bonchev–Trinajstić information content (AvgIpc) is 2.48. The molecule has 0 aliphatic rings. The Morgan fingerprint density at radius 2 is 2.00 bits per heavy atom. The molecule has 0 fully saturated rings. The summed E-state index contributed by atoms with van der Waals surface area (Å²) in [6, 6.07) is 11.7. The van der Waals surface area contributed by atoms with Crippen LogP contribution >= 0.6 is 39.1 Å². The maximum atomic E-state index is 11.8. The van der Waals surface area contributed by atoms with Crippen molar-refractivity contribution in [3.63, 3.8) is 0 Å². The molecular weight excluding hydrogens is 391 g/mol. The van der Waals surface area contributed by atoms with Gasteiger partial charge in [-0.05, 0) is 36.4 Å². The number of amides is 1. The summed E-state index contributed by atoms with van der Waals surface area (Å²) in [5.41, 5.74) is 0.757. The van der Waals surface area contributed by atoms with Gasteiger partial charge in [-0.2, -0.15) is 5.26 Å². The number of benzene rings is 2. The number of ether oxygens (including phenoxy) is 1. The van der Waals surface area contributed by atoms with Crippen molar-refractivity contribution in [2.75, 3.05) is 11.9 Å². The highest BCUT2D eigenvalue weighted by Gasteiger charge is 2.08. The molecule has 2 aromatic carbocycles. The SMILES string of the molecule is N#Cc1cc(NC(=O)COc2ccc(Br)cc2Cl)ccc1Cl. The van der Waals surface area contributed by atoms with Gasteiger partial charge < -0.3 is 10.1 Å². The molecule has 0 atom stereocenters. The van der Waals surface area contributed by atoms with Crippen LogP contribution in [0.15, 0.2) is 40.9 Å². The van der Waals surface area contributed by atoms with E-state index in [9.17, 15) is 4.79 Å². The van der Waals surface area contributed by atoms with Crippen molar-refractivity contribution in [3.05, 3.63) is 56.5 Å². The topological polar surface area (TPSA) is 62.1 Å². The Bertz CT molecular complexity index is 760. The molecule has 0 saturated carbocycles. The maximum Gasteiger partial charge on any atom is 0.262 e. The minimum atomic E-state index is -0.370. The third-order valence-corrected chi connectivity index (χ3v) is 3.74. The number of carbonyl (C=O) groups is 1. The van der Waals surface area contributed by atoms with Gasteiger partial charge in [0.2, 0.25) is 0 Å². The molecule has 0 spiro atoms. The zero-order valence-electron chi connectivity index (χ0n) is 11.1. The lowest BCUT2D eigenvalue weighted by Gasteiger charge is -2.09. The summed E-state index contributed by atoms with van der Waals surface area (Å²) in [6.07, 6.45) is 0. The van der Waals surface area contributed by atoms with Gasteiger partial charge in [0, 0.05) is 10.2 Å². The summed E-state index contributed by atoms with van der Waals surface area (Å²) in [4.78, 5) is 11.8. The zero-order valence-corrected chi connectivity index (χ0v) is 14.2. The Morgan fingerprint density at radius 1 is 1.23 bits per heavy atom. The molecule has 22 heavy (non-hydrogen) atoms. The van der Waals surface area contributed by atoms with Crippen LogP contribution in [0.2, 0.25) is 10.0 Å². The summed E-state index contributed by atoms with van der Waals surface area (Å²) >= 11 is 15.1. The molecule has 0 bridgehead atoms. The van der Waals surface area contributed by atoms with Crippen LogP contribution in [0.3, 0.4) is 0 Å². The first-order valence-corrected chi connectivity index (χ1v) is 7.62. The van der Waals surface area contributed by atoms with Crippen molar-refractivity contribution in [1.82, 2.24) is 0 Å². The molecule has 1 N–H and O–H groups in total. The lowest BCUT2D eigenvalue weighted by atomic mass is 10.2. The second-order valence-electron chi connectivity index (χ2n) is 4.22. The van der Waals surface area contributed by atoms with E-state index in [4.69, 9.17) is 33.2 Å². The van der Waals surface area contributed by atoms with E-state index in [1.807, 2.05) is 6.07 Å². The first-order valence-electron chi connectivity index (χ1n) is 6.07. The molecular formula is C15H9BrCl2N2O2. The molecule has 0 aliphatic carbocycles. The predicted molar refractivity (Wildman–Crippen MR) is 89.4 cm³/mol. The molecule has 112 valence electrons. The van der Waals surface area contributed by atoms with Gasteiger partial charge in [0.1, 0.15) is 11.8 Å². The van der Waals surface area contributed by atoms with Gasteiger partial charge in [-0.3, -0.25) is 4.79 Å². The predicted octanol–water partition coefficient (Wildman–Crippen LogP) is 4.65. The number of hydrogen-bond acceptors (Lipinski definition) is 3. The fourth-order valence-electron chi connectivity index (χ4n) is 1.62. The van der Waals surface area contributed by atoms with Gasteiger partial charge in [-0.1, -0.05) is 39.1 Å². The van der Waals surface area contributed by atoms with E-state index in [2.05, 4.69) is 21.2 Å². The van der Waals surface area contributed by atoms with Gasteiger partial charge in [0.15, 0.2) is 6.61 Å². The molecule has 0 aromatic heterocycles. The van der Waals surface area contributed by atoms with Crippen molar-refractivity contribution >= 4 is 50.7 Å². The Morgan fingerprint density at radius 3 is 2.68 bits per heavy atom. The van der Waals surface area contributed by atoms with Gasteiger partial charge in [0.05, 0.1) is 15.6 Å². The Kier molecular flexibility index (Phi) is 5.67. The Labute approximate surface area is 145 Å². The number of halogens is 3. The lowest BCUT2D eigenvalue weighted by Crippen LogP contribution is -2.20. The van der Waals surface area contributed by atoms with Crippen LogP contribution in [0.25, 0.3) is 0 Å². The molecule has 2 aromatic rings. The second kappa shape index (κ2) is 7.50. The number of nitriles is 1. The summed E-state index contributed by atoms with van der Waals surface area (Å²) in [5, 5.41) is 12.2. The van der Waals surface area contributed by atoms with Crippen molar-refractivity contribution in [3.8, 4) is 11.8 Å². The average molecular weight is 400 g/mol. The fourth-order valence-corrected chi connectivity index (χ4v) is 2.51. The van der Waals surface area contributed by atoms with Crippen LogP contribution in [0.1, 0.15) is 5.56 Å². The number of hydrogen-bond donors (Lipinski definition) is 1. The van der Waals surface area contributed by atoms with Gasteiger partial charge in [-0.25, -0.2) is 0 Å². The van der Waals surface area contributed by atoms with Crippen molar-refractivity contribution in [2.45, 2.75) is 0 Å². The third kappa shape index (κ3) is 4.38. The normalized spacial score (nSPS) is 9.91. The molecule has 0 saturated heterocycles. The Balaban J connectivity index is 1.97. The number of nitrogens with one attached hydrogen (secondary N) is 1. The molecule has 2 rings (SSSR count). The van der Waals surface area contributed by atoms with Crippen LogP contribution in [0, 0.1) is 11.3 Å². The first-order chi connectivity index (χ1) is 10.5. The monoisotopic (exact) mass is 398 g/mol. The van der Waals surface area contributed by atoms with E-state index < -0.39 is 0 Å². The van der Waals surface area contributed by atoms with Gasteiger partial charge in [0.25, 0.3) is 5.91 Å². The zero-order chi connectivity index (χ0) is 16.1. The maximum absolute atomic E-state index is 11.8. The molecule has 0 heterocycles. The van der Waals surface area contributed by atoms with Gasteiger partial charge in [-0.15, -0.1) is 0 Å². The highest BCUT2D eigenvalue weighted by molar-refractivity contribution is 9.10. The molecule has 4 nitrogen and oxygen atoms in total. The van der Waals surface area contributed by atoms with Crippen molar-refractivity contribution in [1.29, 1.82) is 5.26 Å². The minimum Gasteiger partial charge on any atom is -0.482 e. The molecule has 0 radical (unpaired) electrons. The third-order valence-electron chi connectivity index (χ3n) is 2.62. The van der Waals surface area contributed by atoms with E-state index in [1.54, 1.807) is 30.3 Å². The molecule has 1 amide bonds. The van der Waals surface area contributed by atoms with Crippen molar-refractivity contribution in [2.24, 2.45) is 0 Å². The van der Waals surface area contributed by atoms with E-state index >= 15 is 0 Å². The van der Waals surface area contributed by atoms with Crippen LogP contribution in [0.5, 0.6) is 5.75 Å². The van der Waals surface area contributed by atoms with Crippen molar-refractivity contribution < 1.29 is 9.53 Å². The highest BCUT2D eigenvalue weighted by Crippen LogP contribution is 2.27. The summed E-state index contributed by atoms with van der Waals surface area (Å²) < 4.78 is 6.17. The van der Waals surface area contributed by atoms with E-state index in [0.29, 0.717) is 21.5 Å². The van der Waals surface area contributed by atoms with E-state index in [1.165, 1.54) is 6.07 Å². The smallest absolute Gasteiger partial charge is 0.262 e. The van der Waals surface area contributed by atoms with Gasteiger partial charge >= 0.3 is 0 Å². The number of anilines is 1. The standard InChI is InChI=1S/C15H9BrCl2N2O2/c16-10-1-4-14(13(18)6-10)22-8-15(21)20-11-2-3-12(17)9(5-11)7-19/h1-6H,8H2,(H,20,21). The largest absolute Gasteiger partial charge is 0.482 e. The summed E-state index contributed by atoms with van der Waals surface area (Å²) in [5.74, 6) is 0.0408. The minimum absolute atomic E-state index is 0.203. The summed E-state index contributed by atoms with van der Waals surface area (Å²) in [7, 11) is 0. The van der Waals surface area contributed by atoms with Crippen LogP contribution in [0.4, 0.5) is 5.69 Å². The fraction of sp³-hybridized carbons (Fsp3) is 0.0667. The number of carbonyl (C=O) groups excluding carboxylic acids is 1. The number of rotatable bonds is 4. The quantitative estimate of drug-likeness (QED) is 0.814. The van der Waals surface area contributed by atoms with E-state index in [-0.39, 0.29) is 18.1 Å². The first kappa shape index (κ1) is 16.6. The molecule has 7 heteroatoms. The molecule has 0 aliphatic heterocycles. The van der Waals surface area contributed by atoms with Crippen LogP contribution < -0.4 is 10.1 Å². The van der Waals surface area contributed by atoms with Crippen LogP contribution in [-0.4, -0.2) is 12.5 Å². The van der Waals surface area contributed by atoms with E-state index in [0.717, 1.165) is 4.47 Å². The molecule has 0 unspecified atom stereocenters.